The van der Waals surface area contributed by atoms with Gasteiger partial charge < -0.3 is 10.1 Å². The SMILES string of the molecule is CCC1(C)CNCC(C2CCCC(C)C2)O1. The highest BCUT2D eigenvalue weighted by atomic mass is 16.5. The lowest BCUT2D eigenvalue weighted by Gasteiger charge is -2.43. The van der Waals surface area contributed by atoms with Crippen molar-refractivity contribution >= 4 is 0 Å². The van der Waals surface area contributed by atoms with Gasteiger partial charge >= 0.3 is 0 Å². The summed E-state index contributed by atoms with van der Waals surface area (Å²) in [6, 6.07) is 0. The van der Waals surface area contributed by atoms with E-state index in [1.165, 1.54) is 25.7 Å². The van der Waals surface area contributed by atoms with E-state index in [1.807, 2.05) is 0 Å². The van der Waals surface area contributed by atoms with Crippen molar-refractivity contribution in [3.05, 3.63) is 0 Å². The van der Waals surface area contributed by atoms with Crippen LogP contribution in [0.25, 0.3) is 0 Å². The molecule has 4 unspecified atom stereocenters. The minimum absolute atomic E-state index is 0.0730. The zero-order valence-corrected chi connectivity index (χ0v) is 11.1. The molecule has 2 nitrogen and oxygen atoms in total. The molecule has 2 heteroatoms. The van der Waals surface area contributed by atoms with Crippen molar-refractivity contribution in [3.63, 3.8) is 0 Å². The summed E-state index contributed by atoms with van der Waals surface area (Å²) in [5, 5.41) is 3.56. The predicted molar refractivity (Wildman–Crippen MR) is 67.6 cm³/mol. The first kappa shape index (κ1) is 12.4. The van der Waals surface area contributed by atoms with Crippen LogP contribution in [-0.4, -0.2) is 24.8 Å². The Balaban J connectivity index is 1.93. The monoisotopic (exact) mass is 225 g/mol. The molecule has 0 radical (unpaired) electrons. The smallest absolute Gasteiger partial charge is 0.0780 e. The topological polar surface area (TPSA) is 21.3 Å². The Morgan fingerprint density at radius 2 is 2.19 bits per heavy atom. The second-order valence-electron chi connectivity index (χ2n) is 6.12. The third-order valence-electron chi connectivity index (χ3n) is 4.53. The molecule has 1 aliphatic heterocycles. The van der Waals surface area contributed by atoms with Crippen LogP contribution in [0.15, 0.2) is 0 Å². The summed E-state index contributed by atoms with van der Waals surface area (Å²) in [6.45, 7) is 8.95. The molecule has 0 aromatic rings. The molecule has 16 heavy (non-hydrogen) atoms. The van der Waals surface area contributed by atoms with E-state index in [2.05, 4.69) is 26.1 Å². The third-order valence-corrected chi connectivity index (χ3v) is 4.53. The molecular weight excluding hydrogens is 198 g/mol. The summed E-state index contributed by atoms with van der Waals surface area (Å²) in [5.74, 6) is 1.69. The first-order chi connectivity index (χ1) is 7.63. The van der Waals surface area contributed by atoms with Gasteiger partial charge in [0.15, 0.2) is 0 Å². The first-order valence-corrected chi connectivity index (χ1v) is 7.01. The van der Waals surface area contributed by atoms with E-state index >= 15 is 0 Å². The van der Waals surface area contributed by atoms with Crippen LogP contribution in [0, 0.1) is 11.8 Å². The molecule has 94 valence electrons. The van der Waals surface area contributed by atoms with Gasteiger partial charge in [0.25, 0.3) is 0 Å². The molecule has 0 aromatic carbocycles. The number of ether oxygens (including phenoxy) is 1. The maximum Gasteiger partial charge on any atom is 0.0780 e. The molecule has 1 aliphatic carbocycles. The summed E-state index contributed by atoms with van der Waals surface area (Å²) < 4.78 is 6.35. The van der Waals surface area contributed by atoms with Gasteiger partial charge in [0.05, 0.1) is 11.7 Å². The van der Waals surface area contributed by atoms with Crippen LogP contribution in [0.1, 0.15) is 52.9 Å². The van der Waals surface area contributed by atoms with Crippen molar-refractivity contribution in [3.8, 4) is 0 Å². The average molecular weight is 225 g/mol. The molecule has 2 fully saturated rings. The summed E-state index contributed by atoms with van der Waals surface area (Å²) in [6.07, 6.45) is 7.12. The van der Waals surface area contributed by atoms with Crippen LogP contribution in [0.4, 0.5) is 0 Å². The highest BCUT2D eigenvalue weighted by molar-refractivity contribution is 4.88. The number of hydrogen-bond donors (Lipinski definition) is 1. The standard InChI is InChI=1S/C14H27NO/c1-4-14(3)10-15-9-13(16-14)12-7-5-6-11(2)8-12/h11-13,15H,4-10H2,1-3H3. The molecule has 0 spiro atoms. The second kappa shape index (κ2) is 5.05. The third kappa shape index (κ3) is 2.78. The molecule has 2 aliphatic rings. The number of hydrogen-bond acceptors (Lipinski definition) is 2. The zero-order valence-electron chi connectivity index (χ0n) is 11.1. The largest absolute Gasteiger partial charge is 0.369 e. The van der Waals surface area contributed by atoms with Crippen molar-refractivity contribution in [2.24, 2.45) is 11.8 Å². The van der Waals surface area contributed by atoms with Crippen LogP contribution in [-0.2, 0) is 4.74 Å². The Morgan fingerprint density at radius 1 is 1.38 bits per heavy atom. The minimum Gasteiger partial charge on any atom is -0.369 e. The van der Waals surface area contributed by atoms with Crippen LogP contribution in [0.2, 0.25) is 0 Å². The molecule has 2 rings (SSSR count). The van der Waals surface area contributed by atoms with E-state index in [9.17, 15) is 0 Å². The van der Waals surface area contributed by atoms with E-state index in [-0.39, 0.29) is 5.60 Å². The molecule has 4 atom stereocenters. The maximum atomic E-state index is 6.35. The zero-order chi connectivity index (χ0) is 11.6. The Kier molecular flexibility index (Phi) is 3.91. The van der Waals surface area contributed by atoms with Crippen molar-refractivity contribution in [1.82, 2.24) is 5.32 Å². The van der Waals surface area contributed by atoms with E-state index in [0.29, 0.717) is 6.10 Å². The van der Waals surface area contributed by atoms with Crippen LogP contribution >= 0.6 is 0 Å². The van der Waals surface area contributed by atoms with Crippen LogP contribution in [0.3, 0.4) is 0 Å². The van der Waals surface area contributed by atoms with Crippen molar-refractivity contribution < 1.29 is 4.74 Å². The summed E-state index contributed by atoms with van der Waals surface area (Å²) in [7, 11) is 0. The Morgan fingerprint density at radius 3 is 2.88 bits per heavy atom. The highest BCUT2D eigenvalue weighted by Gasteiger charge is 2.36. The highest BCUT2D eigenvalue weighted by Crippen LogP contribution is 2.34. The average Bonchev–Trinajstić information content (AvgIpc) is 2.29. The minimum atomic E-state index is 0.0730. The van der Waals surface area contributed by atoms with Crippen molar-refractivity contribution in [1.29, 1.82) is 0 Å². The number of nitrogens with one attached hydrogen (secondary N) is 1. The Bertz CT molecular complexity index is 231. The lowest BCUT2D eigenvalue weighted by Crippen LogP contribution is -2.54. The van der Waals surface area contributed by atoms with Gasteiger partial charge in [-0.3, -0.25) is 0 Å². The maximum absolute atomic E-state index is 6.35. The van der Waals surface area contributed by atoms with E-state index < -0.39 is 0 Å². The van der Waals surface area contributed by atoms with E-state index in [0.717, 1.165) is 31.3 Å². The normalized spacial score (nSPS) is 45.6. The van der Waals surface area contributed by atoms with Gasteiger partial charge in [0, 0.05) is 13.1 Å². The van der Waals surface area contributed by atoms with Gasteiger partial charge in [0.1, 0.15) is 0 Å². The fraction of sp³-hybridized carbons (Fsp3) is 1.00. The summed E-state index contributed by atoms with van der Waals surface area (Å²) in [5.41, 5.74) is 0.0730. The molecule has 1 saturated heterocycles. The number of morpholine rings is 1. The van der Waals surface area contributed by atoms with Gasteiger partial charge in [-0.1, -0.05) is 26.7 Å². The number of rotatable bonds is 2. The lowest BCUT2D eigenvalue weighted by molar-refractivity contribution is -0.134. The van der Waals surface area contributed by atoms with Crippen LogP contribution in [0.5, 0.6) is 0 Å². The Labute approximate surface area is 100 Å². The quantitative estimate of drug-likeness (QED) is 0.780. The molecule has 1 heterocycles. The van der Waals surface area contributed by atoms with E-state index in [1.54, 1.807) is 0 Å². The fourth-order valence-corrected chi connectivity index (χ4v) is 3.22. The van der Waals surface area contributed by atoms with Crippen molar-refractivity contribution in [2.45, 2.75) is 64.6 Å². The van der Waals surface area contributed by atoms with Gasteiger partial charge in [0.2, 0.25) is 0 Å². The molecule has 1 N–H and O–H groups in total. The predicted octanol–water partition coefficient (Wildman–Crippen LogP) is 2.97. The molecular formula is C14H27NO. The van der Waals surface area contributed by atoms with Gasteiger partial charge in [-0.05, 0) is 38.0 Å². The molecule has 0 aromatic heterocycles. The van der Waals surface area contributed by atoms with E-state index in [4.69, 9.17) is 4.74 Å². The van der Waals surface area contributed by atoms with Crippen LogP contribution < -0.4 is 5.32 Å². The van der Waals surface area contributed by atoms with Crippen molar-refractivity contribution in [2.75, 3.05) is 13.1 Å². The Hall–Kier alpha value is -0.0800. The lowest BCUT2D eigenvalue weighted by atomic mass is 9.79. The molecule has 1 saturated carbocycles. The van der Waals surface area contributed by atoms with Gasteiger partial charge in [-0.25, -0.2) is 0 Å². The summed E-state index contributed by atoms with van der Waals surface area (Å²) in [4.78, 5) is 0. The van der Waals surface area contributed by atoms with Gasteiger partial charge in [-0.15, -0.1) is 0 Å². The molecule has 0 bridgehead atoms. The summed E-state index contributed by atoms with van der Waals surface area (Å²) >= 11 is 0. The van der Waals surface area contributed by atoms with Gasteiger partial charge in [-0.2, -0.15) is 0 Å². The first-order valence-electron chi connectivity index (χ1n) is 7.01. The second-order valence-corrected chi connectivity index (χ2v) is 6.12. The fourth-order valence-electron chi connectivity index (χ4n) is 3.22. The molecule has 0 amide bonds.